The van der Waals surface area contributed by atoms with Crippen molar-refractivity contribution in [2.75, 3.05) is 17.7 Å². The van der Waals surface area contributed by atoms with Gasteiger partial charge in [0.25, 0.3) is 5.91 Å². The number of benzene rings is 1. The van der Waals surface area contributed by atoms with Crippen molar-refractivity contribution >= 4 is 34.8 Å². The van der Waals surface area contributed by atoms with Gasteiger partial charge in [0.1, 0.15) is 5.82 Å². The fraction of sp³-hybridized carbons (Fsp3) is 0.263. The van der Waals surface area contributed by atoms with Crippen LogP contribution in [0, 0.1) is 5.92 Å². The number of hydrogen-bond acceptors (Lipinski definition) is 6. The highest BCUT2D eigenvalue weighted by atomic mass is 16.5. The number of aromatic nitrogens is 1. The standard InChI is InChI=1S/C19H20N4O4/c1-10(24)13-9-21-16(23-19(26)11-6-7-11)8-15(13)22-14-5-3-4-12(18(20)25)17(14)27-2/h3-5,8-9,11H,6-7H2,1-2H3,(H2,20,25)(H2,21,22,23,26). The summed E-state index contributed by atoms with van der Waals surface area (Å²) in [5.74, 6) is -0.283. The first kappa shape index (κ1) is 18.4. The SMILES string of the molecule is COc1c(Nc2cc(NC(=O)C3CC3)ncc2C(C)=O)cccc1C(N)=O. The Bertz CT molecular complexity index is 922. The van der Waals surface area contributed by atoms with Gasteiger partial charge in [0.2, 0.25) is 5.91 Å². The Hall–Kier alpha value is -3.42. The van der Waals surface area contributed by atoms with E-state index in [1.807, 2.05) is 0 Å². The van der Waals surface area contributed by atoms with Crippen molar-refractivity contribution in [2.45, 2.75) is 19.8 Å². The third-order valence-electron chi connectivity index (χ3n) is 4.24. The molecule has 1 saturated carbocycles. The number of ketones is 1. The lowest BCUT2D eigenvalue weighted by Gasteiger charge is -2.16. The fourth-order valence-electron chi connectivity index (χ4n) is 2.68. The quantitative estimate of drug-likeness (QED) is 0.645. The maximum absolute atomic E-state index is 12.0. The number of ether oxygens (including phenoxy) is 1. The number of pyridine rings is 1. The number of nitrogens with zero attached hydrogens (tertiary/aromatic N) is 1. The number of methoxy groups -OCH3 is 1. The molecule has 2 amide bonds. The predicted octanol–water partition coefficient (Wildman–Crippen LogP) is 2.48. The number of primary amides is 1. The Morgan fingerprint density at radius 1 is 1.19 bits per heavy atom. The summed E-state index contributed by atoms with van der Waals surface area (Å²) in [6.07, 6.45) is 3.15. The van der Waals surface area contributed by atoms with Gasteiger partial charge in [-0.1, -0.05) is 6.07 Å². The number of nitrogens with one attached hydrogen (secondary N) is 2. The number of anilines is 3. The van der Waals surface area contributed by atoms with E-state index in [2.05, 4.69) is 15.6 Å². The first-order chi connectivity index (χ1) is 12.9. The van der Waals surface area contributed by atoms with Crippen molar-refractivity contribution in [3.63, 3.8) is 0 Å². The summed E-state index contributed by atoms with van der Waals surface area (Å²) in [5.41, 5.74) is 6.83. The van der Waals surface area contributed by atoms with Gasteiger partial charge in [-0.3, -0.25) is 14.4 Å². The molecule has 140 valence electrons. The normalized spacial score (nSPS) is 13.0. The average molecular weight is 368 g/mol. The highest BCUT2D eigenvalue weighted by Gasteiger charge is 2.30. The summed E-state index contributed by atoms with van der Waals surface area (Å²) in [6.45, 7) is 1.42. The third kappa shape index (κ3) is 4.05. The van der Waals surface area contributed by atoms with Crippen molar-refractivity contribution in [3.8, 4) is 5.75 Å². The van der Waals surface area contributed by atoms with Crippen molar-refractivity contribution in [3.05, 3.63) is 41.6 Å². The summed E-state index contributed by atoms with van der Waals surface area (Å²) in [4.78, 5) is 39.7. The monoisotopic (exact) mass is 368 g/mol. The zero-order chi connectivity index (χ0) is 19.6. The molecular weight excluding hydrogens is 348 g/mol. The molecule has 1 aromatic carbocycles. The highest BCUT2D eigenvalue weighted by Crippen LogP contribution is 2.34. The Kier molecular flexibility index (Phi) is 5.07. The highest BCUT2D eigenvalue weighted by molar-refractivity contribution is 6.02. The number of amides is 2. The molecule has 0 aliphatic heterocycles. The van der Waals surface area contributed by atoms with Crippen molar-refractivity contribution in [2.24, 2.45) is 11.7 Å². The van der Waals surface area contributed by atoms with E-state index in [1.54, 1.807) is 24.3 Å². The lowest BCUT2D eigenvalue weighted by atomic mass is 10.1. The molecule has 4 N–H and O–H groups in total. The molecule has 2 aromatic rings. The van der Waals surface area contributed by atoms with Gasteiger partial charge in [-0.25, -0.2) is 4.98 Å². The molecule has 1 aromatic heterocycles. The van der Waals surface area contributed by atoms with Crippen LogP contribution in [0.2, 0.25) is 0 Å². The van der Waals surface area contributed by atoms with Crippen LogP contribution in [0.3, 0.4) is 0 Å². The fourth-order valence-corrected chi connectivity index (χ4v) is 2.68. The molecule has 1 fully saturated rings. The molecule has 0 bridgehead atoms. The van der Waals surface area contributed by atoms with Crippen LogP contribution in [0.1, 0.15) is 40.5 Å². The predicted molar refractivity (Wildman–Crippen MR) is 100 cm³/mol. The number of carbonyl (C=O) groups is 3. The topological polar surface area (TPSA) is 123 Å². The summed E-state index contributed by atoms with van der Waals surface area (Å²) in [5, 5.41) is 5.83. The lowest BCUT2D eigenvalue weighted by molar-refractivity contribution is -0.117. The van der Waals surface area contributed by atoms with Crippen LogP contribution in [0.25, 0.3) is 0 Å². The van der Waals surface area contributed by atoms with Crippen LogP contribution in [0.15, 0.2) is 30.5 Å². The van der Waals surface area contributed by atoms with Gasteiger partial charge < -0.3 is 21.1 Å². The second kappa shape index (κ2) is 7.45. The second-order valence-electron chi connectivity index (χ2n) is 6.31. The number of carbonyl (C=O) groups excluding carboxylic acids is 3. The number of nitrogens with two attached hydrogens (primary N) is 1. The molecule has 0 spiro atoms. The van der Waals surface area contributed by atoms with Crippen molar-refractivity contribution in [1.82, 2.24) is 4.98 Å². The maximum Gasteiger partial charge on any atom is 0.252 e. The molecule has 0 saturated heterocycles. The van der Waals surface area contributed by atoms with E-state index in [-0.39, 0.29) is 28.9 Å². The second-order valence-corrected chi connectivity index (χ2v) is 6.31. The van der Waals surface area contributed by atoms with Crippen molar-refractivity contribution in [1.29, 1.82) is 0 Å². The molecule has 1 aliphatic carbocycles. The average Bonchev–Trinajstić information content (AvgIpc) is 3.46. The molecule has 8 nitrogen and oxygen atoms in total. The van der Waals surface area contributed by atoms with Crippen LogP contribution in [-0.4, -0.2) is 29.7 Å². The van der Waals surface area contributed by atoms with E-state index in [0.29, 0.717) is 22.8 Å². The minimum absolute atomic E-state index is 0.0306. The first-order valence-corrected chi connectivity index (χ1v) is 8.46. The van der Waals surface area contributed by atoms with Crippen LogP contribution >= 0.6 is 0 Å². The lowest BCUT2D eigenvalue weighted by Crippen LogP contribution is -2.15. The molecule has 27 heavy (non-hydrogen) atoms. The summed E-state index contributed by atoms with van der Waals surface area (Å²) >= 11 is 0. The van der Waals surface area contributed by atoms with E-state index in [9.17, 15) is 14.4 Å². The number of Topliss-reactive ketones (excluding diaryl/α,β-unsaturated/α-hetero) is 1. The zero-order valence-corrected chi connectivity index (χ0v) is 15.0. The van der Waals surface area contributed by atoms with Crippen LogP contribution in [0.4, 0.5) is 17.2 Å². The smallest absolute Gasteiger partial charge is 0.252 e. The molecule has 1 heterocycles. The first-order valence-electron chi connectivity index (χ1n) is 8.46. The summed E-state index contributed by atoms with van der Waals surface area (Å²) in [6, 6.07) is 6.47. The van der Waals surface area contributed by atoms with Gasteiger partial charge in [0, 0.05) is 18.2 Å². The number of hydrogen-bond donors (Lipinski definition) is 3. The Labute approximate surface area is 156 Å². The Balaban J connectivity index is 1.97. The molecule has 0 unspecified atom stereocenters. The van der Waals surface area contributed by atoms with Gasteiger partial charge >= 0.3 is 0 Å². The summed E-state index contributed by atoms with van der Waals surface area (Å²) < 4.78 is 5.31. The van der Waals surface area contributed by atoms with Crippen molar-refractivity contribution < 1.29 is 19.1 Å². The van der Waals surface area contributed by atoms with E-state index in [1.165, 1.54) is 20.2 Å². The largest absolute Gasteiger partial charge is 0.494 e. The van der Waals surface area contributed by atoms with Gasteiger partial charge in [0.05, 0.1) is 29.6 Å². The maximum atomic E-state index is 12.0. The molecule has 1 aliphatic rings. The molecule has 3 rings (SSSR count). The third-order valence-corrected chi connectivity index (χ3v) is 4.24. The van der Waals surface area contributed by atoms with E-state index >= 15 is 0 Å². The minimum atomic E-state index is -0.630. The molecular formula is C19H20N4O4. The van der Waals surface area contributed by atoms with Gasteiger partial charge in [-0.05, 0) is 31.9 Å². The zero-order valence-electron chi connectivity index (χ0n) is 15.0. The molecule has 0 radical (unpaired) electrons. The Morgan fingerprint density at radius 2 is 1.93 bits per heavy atom. The number of para-hydroxylation sites is 1. The number of rotatable bonds is 7. The van der Waals surface area contributed by atoms with Gasteiger partial charge in [-0.2, -0.15) is 0 Å². The Morgan fingerprint density at radius 3 is 2.52 bits per heavy atom. The molecule has 8 heteroatoms. The molecule has 0 atom stereocenters. The van der Waals surface area contributed by atoms with Crippen LogP contribution in [0.5, 0.6) is 5.75 Å². The van der Waals surface area contributed by atoms with Gasteiger partial charge in [-0.15, -0.1) is 0 Å². The minimum Gasteiger partial charge on any atom is -0.494 e. The van der Waals surface area contributed by atoms with E-state index < -0.39 is 5.91 Å². The summed E-state index contributed by atoms with van der Waals surface area (Å²) in [7, 11) is 1.42. The van der Waals surface area contributed by atoms with E-state index in [0.717, 1.165) is 12.8 Å². The van der Waals surface area contributed by atoms with Crippen LogP contribution < -0.4 is 21.1 Å². The van der Waals surface area contributed by atoms with E-state index in [4.69, 9.17) is 10.5 Å². The van der Waals surface area contributed by atoms with Crippen LogP contribution in [-0.2, 0) is 4.79 Å². The van der Waals surface area contributed by atoms with Gasteiger partial charge in [0.15, 0.2) is 11.5 Å².